The Kier molecular flexibility index (Phi) is 4.54. The molecule has 1 aromatic rings. The maximum Gasteiger partial charge on any atom is 0.205 e. The van der Waals surface area contributed by atoms with Gasteiger partial charge in [-0.3, -0.25) is 0 Å². The Morgan fingerprint density at radius 2 is 2.19 bits per heavy atom. The van der Waals surface area contributed by atoms with Gasteiger partial charge in [-0.2, -0.15) is 0 Å². The highest BCUT2D eigenvalue weighted by molar-refractivity contribution is 7.15. The molecular weight excluding hydrogens is 222 g/mol. The van der Waals surface area contributed by atoms with Crippen LogP contribution in [-0.2, 0) is 11.3 Å². The van der Waals surface area contributed by atoms with E-state index in [1.807, 2.05) is 0 Å². The molecule has 5 heteroatoms. The van der Waals surface area contributed by atoms with Gasteiger partial charge in [0.25, 0.3) is 0 Å². The van der Waals surface area contributed by atoms with Crippen molar-refractivity contribution < 1.29 is 4.74 Å². The molecular formula is C11H19N3OS. The summed E-state index contributed by atoms with van der Waals surface area (Å²) in [6, 6.07) is 0. The molecule has 1 saturated carbocycles. The summed E-state index contributed by atoms with van der Waals surface area (Å²) in [5.74, 6) is 0. The smallest absolute Gasteiger partial charge is 0.205 e. The normalized spacial score (nSPS) is 16.8. The lowest BCUT2D eigenvalue weighted by atomic mass is 10.3. The van der Waals surface area contributed by atoms with Gasteiger partial charge in [0, 0.05) is 6.54 Å². The maximum atomic E-state index is 5.79. The molecule has 0 amide bonds. The van der Waals surface area contributed by atoms with Crippen LogP contribution in [0.3, 0.4) is 0 Å². The highest BCUT2D eigenvalue weighted by Crippen LogP contribution is 2.23. The van der Waals surface area contributed by atoms with E-state index in [0.29, 0.717) is 12.7 Å². The fourth-order valence-electron chi connectivity index (χ4n) is 1.86. The molecule has 16 heavy (non-hydrogen) atoms. The number of nitrogens with zero attached hydrogens (tertiary/aromatic N) is 2. The summed E-state index contributed by atoms with van der Waals surface area (Å²) in [4.78, 5) is 0. The fraction of sp³-hybridized carbons (Fsp3) is 0.818. The Bertz CT molecular complexity index is 310. The van der Waals surface area contributed by atoms with Crippen LogP contribution in [-0.4, -0.2) is 22.8 Å². The van der Waals surface area contributed by atoms with Crippen molar-refractivity contribution in [2.24, 2.45) is 0 Å². The minimum absolute atomic E-state index is 0.455. The molecule has 0 bridgehead atoms. The van der Waals surface area contributed by atoms with Crippen molar-refractivity contribution in [3.05, 3.63) is 5.01 Å². The summed E-state index contributed by atoms with van der Waals surface area (Å²) in [6.07, 6.45) is 6.59. The molecule has 0 aliphatic heterocycles. The van der Waals surface area contributed by atoms with Gasteiger partial charge in [0.2, 0.25) is 5.13 Å². The standard InChI is InChI=1S/C11H19N3OS/c1-2-7-12-11-14-13-10(16-11)8-15-9-5-3-4-6-9/h9H,2-8H2,1H3,(H,12,14). The van der Waals surface area contributed by atoms with Gasteiger partial charge in [0.05, 0.1) is 6.10 Å². The van der Waals surface area contributed by atoms with Crippen LogP contribution in [0.1, 0.15) is 44.0 Å². The van der Waals surface area contributed by atoms with Crippen molar-refractivity contribution in [3.63, 3.8) is 0 Å². The van der Waals surface area contributed by atoms with Crippen LogP contribution >= 0.6 is 11.3 Å². The lowest BCUT2D eigenvalue weighted by Crippen LogP contribution is -2.06. The van der Waals surface area contributed by atoms with Crippen molar-refractivity contribution in [3.8, 4) is 0 Å². The quantitative estimate of drug-likeness (QED) is 0.832. The highest BCUT2D eigenvalue weighted by atomic mass is 32.1. The Morgan fingerprint density at radius 1 is 1.38 bits per heavy atom. The van der Waals surface area contributed by atoms with Crippen molar-refractivity contribution in [2.45, 2.75) is 51.7 Å². The number of hydrogen-bond donors (Lipinski definition) is 1. The molecule has 0 atom stereocenters. The average molecular weight is 241 g/mol. The van der Waals surface area contributed by atoms with Crippen LogP contribution in [0.25, 0.3) is 0 Å². The van der Waals surface area contributed by atoms with E-state index >= 15 is 0 Å². The molecule has 0 radical (unpaired) electrons. The SMILES string of the molecule is CCCNc1nnc(COC2CCCC2)s1. The van der Waals surface area contributed by atoms with E-state index in [0.717, 1.165) is 23.1 Å². The van der Waals surface area contributed by atoms with Crippen molar-refractivity contribution in [1.82, 2.24) is 10.2 Å². The summed E-state index contributed by atoms with van der Waals surface area (Å²) in [5.41, 5.74) is 0. The number of aromatic nitrogens is 2. The summed E-state index contributed by atoms with van der Waals surface area (Å²) < 4.78 is 5.79. The van der Waals surface area contributed by atoms with Crippen LogP contribution in [0, 0.1) is 0 Å². The number of anilines is 1. The van der Waals surface area contributed by atoms with E-state index in [1.165, 1.54) is 25.7 Å². The van der Waals surface area contributed by atoms with Crippen LogP contribution in [0.2, 0.25) is 0 Å². The zero-order valence-corrected chi connectivity index (χ0v) is 10.6. The van der Waals surface area contributed by atoms with Gasteiger partial charge in [-0.15, -0.1) is 10.2 Å². The molecule has 1 fully saturated rings. The van der Waals surface area contributed by atoms with E-state index in [2.05, 4.69) is 22.4 Å². The monoisotopic (exact) mass is 241 g/mol. The minimum atomic E-state index is 0.455. The van der Waals surface area contributed by atoms with Gasteiger partial charge in [-0.1, -0.05) is 31.1 Å². The Morgan fingerprint density at radius 3 is 2.94 bits per heavy atom. The molecule has 0 aromatic carbocycles. The Balaban J connectivity index is 1.73. The second-order valence-electron chi connectivity index (χ2n) is 4.15. The van der Waals surface area contributed by atoms with E-state index in [4.69, 9.17) is 4.74 Å². The first kappa shape index (κ1) is 11.8. The first-order valence-corrected chi connectivity index (χ1v) is 6.88. The van der Waals surface area contributed by atoms with Crippen LogP contribution < -0.4 is 5.32 Å². The van der Waals surface area contributed by atoms with Crippen LogP contribution in [0.15, 0.2) is 0 Å². The molecule has 0 spiro atoms. The molecule has 0 saturated heterocycles. The van der Waals surface area contributed by atoms with Gasteiger partial charge in [-0.05, 0) is 19.3 Å². The third kappa shape index (κ3) is 3.42. The van der Waals surface area contributed by atoms with Gasteiger partial charge in [-0.25, -0.2) is 0 Å². The lowest BCUT2D eigenvalue weighted by Gasteiger charge is -2.08. The molecule has 1 aromatic heterocycles. The molecule has 90 valence electrons. The van der Waals surface area contributed by atoms with Gasteiger partial charge in [0.1, 0.15) is 11.6 Å². The van der Waals surface area contributed by atoms with Gasteiger partial charge < -0.3 is 10.1 Å². The highest BCUT2D eigenvalue weighted by Gasteiger charge is 2.16. The van der Waals surface area contributed by atoms with Gasteiger partial charge in [0.15, 0.2) is 0 Å². The van der Waals surface area contributed by atoms with Crippen molar-refractivity contribution >= 4 is 16.5 Å². The number of nitrogens with one attached hydrogen (secondary N) is 1. The third-order valence-corrected chi connectivity index (χ3v) is 3.59. The first-order chi connectivity index (χ1) is 7.88. The molecule has 1 N–H and O–H groups in total. The summed E-state index contributed by atoms with van der Waals surface area (Å²) >= 11 is 1.60. The zero-order chi connectivity index (χ0) is 11.2. The van der Waals surface area contributed by atoms with Crippen LogP contribution in [0.4, 0.5) is 5.13 Å². The molecule has 1 aliphatic carbocycles. The number of hydrogen-bond acceptors (Lipinski definition) is 5. The van der Waals surface area contributed by atoms with Crippen molar-refractivity contribution in [1.29, 1.82) is 0 Å². The van der Waals surface area contributed by atoms with E-state index in [-0.39, 0.29) is 0 Å². The topological polar surface area (TPSA) is 47.0 Å². The largest absolute Gasteiger partial charge is 0.371 e. The Hall–Kier alpha value is -0.680. The van der Waals surface area contributed by atoms with E-state index in [1.54, 1.807) is 11.3 Å². The van der Waals surface area contributed by atoms with Gasteiger partial charge >= 0.3 is 0 Å². The molecule has 1 heterocycles. The molecule has 1 aliphatic rings. The fourth-order valence-corrected chi connectivity index (χ4v) is 2.55. The summed E-state index contributed by atoms with van der Waals surface area (Å²) in [5, 5.41) is 13.3. The zero-order valence-electron chi connectivity index (χ0n) is 9.74. The minimum Gasteiger partial charge on any atom is -0.371 e. The average Bonchev–Trinajstić information content (AvgIpc) is 2.95. The predicted molar refractivity (Wildman–Crippen MR) is 65.7 cm³/mol. The van der Waals surface area contributed by atoms with E-state index in [9.17, 15) is 0 Å². The number of rotatable bonds is 6. The van der Waals surface area contributed by atoms with Crippen molar-refractivity contribution in [2.75, 3.05) is 11.9 Å². The summed E-state index contributed by atoms with van der Waals surface area (Å²) in [6.45, 7) is 3.71. The first-order valence-electron chi connectivity index (χ1n) is 6.06. The van der Waals surface area contributed by atoms with Crippen LogP contribution in [0.5, 0.6) is 0 Å². The molecule has 2 rings (SSSR count). The summed E-state index contributed by atoms with van der Waals surface area (Å²) in [7, 11) is 0. The predicted octanol–water partition coefficient (Wildman–Crippen LogP) is 2.82. The maximum absolute atomic E-state index is 5.79. The van der Waals surface area contributed by atoms with E-state index < -0.39 is 0 Å². The molecule has 4 nitrogen and oxygen atoms in total. The molecule has 0 unspecified atom stereocenters. The Labute approximate surface area is 100 Å². The second kappa shape index (κ2) is 6.15. The second-order valence-corrected chi connectivity index (χ2v) is 5.21. The third-order valence-electron chi connectivity index (χ3n) is 2.74. The number of ether oxygens (including phenoxy) is 1. The lowest BCUT2D eigenvalue weighted by molar-refractivity contribution is 0.0453.